The molecule has 0 bridgehead atoms. The van der Waals surface area contributed by atoms with Gasteiger partial charge in [-0.15, -0.1) is 0 Å². The molecule has 0 aromatic heterocycles. The highest BCUT2D eigenvalue weighted by atomic mass is 79.9. The molecule has 2 aromatic rings. The highest BCUT2D eigenvalue weighted by Crippen LogP contribution is 2.23. The van der Waals surface area contributed by atoms with Crippen LogP contribution >= 0.6 is 15.9 Å². The third kappa shape index (κ3) is 3.95. The van der Waals surface area contributed by atoms with Gasteiger partial charge in [0.25, 0.3) is 0 Å². The Labute approximate surface area is 139 Å². The van der Waals surface area contributed by atoms with Crippen LogP contribution in [0.3, 0.4) is 0 Å². The maximum Gasteiger partial charge on any atom is 0.241 e. The summed E-state index contributed by atoms with van der Waals surface area (Å²) < 4.78 is 33.4. The number of aryl methyl sites for hydroxylation is 1. The van der Waals surface area contributed by atoms with Crippen LogP contribution in [0.2, 0.25) is 0 Å². The minimum atomic E-state index is -3.59. The van der Waals surface area contributed by atoms with Crippen molar-refractivity contribution < 1.29 is 13.2 Å². The van der Waals surface area contributed by atoms with E-state index in [1.807, 2.05) is 31.2 Å². The van der Waals surface area contributed by atoms with Crippen LogP contribution in [0.5, 0.6) is 0 Å². The molecule has 2 rings (SSSR count). The van der Waals surface area contributed by atoms with Crippen molar-refractivity contribution in [2.24, 2.45) is 0 Å². The fourth-order valence-corrected chi connectivity index (χ4v) is 4.23. The number of ether oxygens (including phenoxy) is 1. The topological polar surface area (TPSA) is 55.4 Å². The average Bonchev–Trinajstić information content (AvgIpc) is 2.49. The molecule has 0 saturated carbocycles. The van der Waals surface area contributed by atoms with E-state index in [0.717, 1.165) is 11.1 Å². The highest BCUT2D eigenvalue weighted by molar-refractivity contribution is 9.10. The summed E-state index contributed by atoms with van der Waals surface area (Å²) in [6.45, 7) is 2.15. The molecular weight excluding hydrogens is 366 g/mol. The number of methoxy groups -OCH3 is 1. The lowest BCUT2D eigenvalue weighted by atomic mass is 10.0. The predicted molar refractivity (Wildman–Crippen MR) is 90.3 cm³/mol. The van der Waals surface area contributed by atoms with Gasteiger partial charge in [0.15, 0.2) is 0 Å². The van der Waals surface area contributed by atoms with E-state index in [4.69, 9.17) is 4.74 Å². The Morgan fingerprint density at radius 3 is 2.41 bits per heavy atom. The van der Waals surface area contributed by atoms with Crippen LogP contribution in [-0.2, 0) is 14.8 Å². The van der Waals surface area contributed by atoms with Crippen LogP contribution in [0.1, 0.15) is 17.2 Å². The lowest BCUT2D eigenvalue weighted by molar-refractivity contribution is 0.107. The summed E-state index contributed by atoms with van der Waals surface area (Å²) in [5.41, 5.74) is 2.04. The fraction of sp³-hybridized carbons (Fsp3) is 0.250. The Hall–Kier alpha value is -1.21. The van der Waals surface area contributed by atoms with Gasteiger partial charge in [0.1, 0.15) is 0 Å². The van der Waals surface area contributed by atoms with Gasteiger partial charge in [0, 0.05) is 18.1 Å². The van der Waals surface area contributed by atoms with Gasteiger partial charge >= 0.3 is 0 Å². The average molecular weight is 384 g/mol. The van der Waals surface area contributed by atoms with Crippen LogP contribution in [-0.4, -0.2) is 22.1 Å². The minimum Gasteiger partial charge on any atom is -0.375 e. The molecule has 0 aliphatic heterocycles. The first-order valence-electron chi connectivity index (χ1n) is 6.78. The summed E-state index contributed by atoms with van der Waals surface area (Å²) >= 11 is 3.26. The largest absolute Gasteiger partial charge is 0.375 e. The molecule has 0 saturated heterocycles. The third-order valence-electron chi connectivity index (χ3n) is 3.40. The quantitative estimate of drug-likeness (QED) is 0.831. The molecule has 0 aliphatic rings. The van der Waals surface area contributed by atoms with Gasteiger partial charge in [-0.1, -0.05) is 36.4 Å². The minimum absolute atomic E-state index is 0.172. The van der Waals surface area contributed by atoms with Gasteiger partial charge in [-0.3, -0.25) is 0 Å². The van der Waals surface area contributed by atoms with E-state index in [1.165, 1.54) is 0 Å². The monoisotopic (exact) mass is 383 g/mol. The molecule has 2 aromatic carbocycles. The molecule has 118 valence electrons. The van der Waals surface area contributed by atoms with Crippen molar-refractivity contribution in [3.05, 3.63) is 64.1 Å². The molecule has 1 unspecified atom stereocenters. The normalized spacial score (nSPS) is 13.0. The molecule has 0 amide bonds. The van der Waals surface area contributed by atoms with E-state index in [0.29, 0.717) is 4.47 Å². The van der Waals surface area contributed by atoms with Crippen molar-refractivity contribution in [3.8, 4) is 0 Å². The summed E-state index contributed by atoms with van der Waals surface area (Å²) in [4.78, 5) is 0.217. The first-order chi connectivity index (χ1) is 10.5. The van der Waals surface area contributed by atoms with E-state index in [-0.39, 0.29) is 17.5 Å². The van der Waals surface area contributed by atoms with Crippen molar-refractivity contribution in [1.82, 2.24) is 4.72 Å². The second-order valence-corrected chi connectivity index (χ2v) is 7.45. The molecule has 0 radical (unpaired) electrons. The van der Waals surface area contributed by atoms with Gasteiger partial charge in [-0.05, 0) is 46.1 Å². The van der Waals surface area contributed by atoms with Crippen LogP contribution < -0.4 is 4.72 Å². The molecule has 1 atom stereocenters. The summed E-state index contributed by atoms with van der Waals surface area (Å²) in [6.07, 6.45) is -0.335. The van der Waals surface area contributed by atoms with Gasteiger partial charge in [0.2, 0.25) is 10.0 Å². The maximum absolute atomic E-state index is 12.4. The zero-order valence-electron chi connectivity index (χ0n) is 12.4. The lowest BCUT2D eigenvalue weighted by Crippen LogP contribution is -2.29. The number of hydrogen-bond acceptors (Lipinski definition) is 3. The SMILES string of the molecule is COC(CNS(=O)(=O)c1ccccc1Br)c1ccccc1C. The molecule has 22 heavy (non-hydrogen) atoms. The van der Waals surface area contributed by atoms with E-state index >= 15 is 0 Å². The second kappa shape index (κ2) is 7.37. The van der Waals surface area contributed by atoms with Gasteiger partial charge < -0.3 is 4.74 Å². The Morgan fingerprint density at radius 1 is 1.14 bits per heavy atom. The molecule has 0 fully saturated rings. The van der Waals surface area contributed by atoms with Crippen molar-refractivity contribution in [2.75, 3.05) is 13.7 Å². The molecule has 0 spiro atoms. The van der Waals surface area contributed by atoms with Gasteiger partial charge in [0.05, 0.1) is 11.0 Å². The molecule has 0 heterocycles. The molecule has 6 heteroatoms. The van der Waals surface area contributed by atoms with Crippen molar-refractivity contribution in [3.63, 3.8) is 0 Å². The number of benzene rings is 2. The smallest absolute Gasteiger partial charge is 0.241 e. The molecular formula is C16H18BrNO3S. The fourth-order valence-electron chi connectivity index (χ4n) is 2.19. The molecule has 1 N–H and O–H groups in total. The summed E-state index contributed by atoms with van der Waals surface area (Å²) in [5.74, 6) is 0. The van der Waals surface area contributed by atoms with E-state index in [2.05, 4.69) is 20.7 Å². The second-order valence-electron chi connectivity index (χ2n) is 4.86. The number of rotatable bonds is 6. The standard InChI is InChI=1S/C16H18BrNO3S/c1-12-7-3-4-8-13(12)15(21-2)11-18-22(19,20)16-10-6-5-9-14(16)17/h3-10,15,18H,11H2,1-2H3. The van der Waals surface area contributed by atoms with Crippen LogP contribution in [0.25, 0.3) is 0 Å². The Morgan fingerprint density at radius 2 is 1.77 bits per heavy atom. The predicted octanol–water partition coefficient (Wildman–Crippen LogP) is 3.42. The lowest BCUT2D eigenvalue weighted by Gasteiger charge is -2.19. The summed E-state index contributed by atoms with van der Waals surface area (Å²) in [5, 5.41) is 0. The Bertz CT molecular complexity index is 747. The number of halogens is 1. The van der Waals surface area contributed by atoms with Crippen molar-refractivity contribution >= 4 is 26.0 Å². The Kier molecular flexibility index (Phi) is 5.74. The first-order valence-corrected chi connectivity index (χ1v) is 9.06. The van der Waals surface area contributed by atoms with Crippen molar-refractivity contribution in [1.29, 1.82) is 0 Å². The van der Waals surface area contributed by atoms with E-state index in [9.17, 15) is 8.42 Å². The van der Waals surface area contributed by atoms with Crippen LogP contribution in [0.15, 0.2) is 57.9 Å². The molecule has 4 nitrogen and oxygen atoms in total. The number of hydrogen-bond donors (Lipinski definition) is 1. The first kappa shape index (κ1) is 17.1. The number of nitrogens with one attached hydrogen (secondary N) is 1. The van der Waals surface area contributed by atoms with Crippen LogP contribution in [0.4, 0.5) is 0 Å². The Balaban J connectivity index is 2.17. The zero-order valence-corrected chi connectivity index (χ0v) is 14.8. The van der Waals surface area contributed by atoms with Gasteiger partial charge in [-0.2, -0.15) is 0 Å². The third-order valence-corrected chi connectivity index (χ3v) is 5.84. The molecule has 0 aliphatic carbocycles. The maximum atomic E-state index is 12.4. The summed E-state index contributed by atoms with van der Waals surface area (Å²) in [7, 11) is -2.02. The number of sulfonamides is 1. The summed E-state index contributed by atoms with van der Waals surface area (Å²) in [6, 6.07) is 14.5. The zero-order chi connectivity index (χ0) is 16.2. The van der Waals surface area contributed by atoms with E-state index < -0.39 is 10.0 Å². The van der Waals surface area contributed by atoms with Crippen molar-refractivity contribution in [2.45, 2.75) is 17.9 Å². The van der Waals surface area contributed by atoms with Crippen LogP contribution in [0, 0.1) is 6.92 Å². The van der Waals surface area contributed by atoms with E-state index in [1.54, 1.807) is 31.4 Å². The van der Waals surface area contributed by atoms with Gasteiger partial charge in [-0.25, -0.2) is 13.1 Å². The highest BCUT2D eigenvalue weighted by Gasteiger charge is 2.20.